The van der Waals surface area contributed by atoms with Crippen molar-refractivity contribution in [2.75, 3.05) is 13.1 Å². The van der Waals surface area contributed by atoms with Gasteiger partial charge in [-0.15, -0.1) is 0 Å². The Morgan fingerprint density at radius 1 is 1.14 bits per heavy atom. The van der Waals surface area contributed by atoms with Crippen LogP contribution in [0.1, 0.15) is 50.7 Å². The van der Waals surface area contributed by atoms with Gasteiger partial charge in [0, 0.05) is 36.2 Å². The molecule has 29 heavy (non-hydrogen) atoms. The van der Waals surface area contributed by atoms with Crippen molar-refractivity contribution in [2.45, 2.75) is 25.7 Å². The summed E-state index contributed by atoms with van der Waals surface area (Å²) >= 11 is 0. The number of hydrogen-bond acceptors (Lipinski definition) is 3. The molecule has 0 aliphatic carbocycles. The average Bonchev–Trinajstić information content (AvgIpc) is 2.72. The number of rotatable bonds is 3. The first kappa shape index (κ1) is 19.1. The molecule has 2 aromatic carbocycles. The van der Waals surface area contributed by atoms with Crippen LogP contribution in [0.2, 0.25) is 0 Å². The molecule has 1 fully saturated rings. The Balaban J connectivity index is 1.61. The molecule has 0 unspecified atom stereocenters. The van der Waals surface area contributed by atoms with Crippen molar-refractivity contribution in [3.8, 4) is 0 Å². The molecule has 0 saturated carbocycles. The molecule has 1 aromatic heterocycles. The molecule has 0 bridgehead atoms. The van der Waals surface area contributed by atoms with E-state index in [0.717, 1.165) is 18.4 Å². The molecule has 1 atom stereocenters. The van der Waals surface area contributed by atoms with Gasteiger partial charge in [-0.1, -0.05) is 12.1 Å². The number of likely N-dealkylation sites (tertiary alicyclic amines) is 1. The van der Waals surface area contributed by atoms with E-state index < -0.39 is 5.97 Å². The molecular weight excluding hydrogens is 371 g/mol. The fraction of sp³-hybridized carbons (Fsp3) is 0.261. The lowest BCUT2D eigenvalue weighted by Crippen LogP contribution is -2.39. The third-order valence-electron chi connectivity index (χ3n) is 5.47. The number of hydrogen-bond donors (Lipinski definition) is 1. The zero-order valence-corrected chi connectivity index (χ0v) is 16.1. The highest BCUT2D eigenvalue weighted by atomic mass is 19.1. The van der Waals surface area contributed by atoms with Crippen molar-refractivity contribution in [3.63, 3.8) is 0 Å². The lowest BCUT2D eigenvalue weighted by atomic mass is 9.89. The van der Waals surface area contributed by atoms with Crippen LogP contribution in [0.15, 0.2) is 48.5 Å². The number of piperidine rings is 1. The minimum absolute atomic E-state index is 0.0843. The predicted molar refractivity (Wildman–Crippen MR) is 108 cm³/mol. The van der Waals surface area contributed by atoms with Crippen LogP contribution in [0.3, 0.4) is 0 Å². The highest BCUT2D eigenvalue weighted by molar-refractivity contribution is 6.06. The number of carbonyl (C=O) groups is 2. The minimum atomic E-state index is -0.951. The monoisotopic (exact) mass is 392 g/mol. The second-order valence-corrected chi connectivity index (χ2v) is 7.49. The Hall–Kier alpha value is -3.28. The van der Waals surface area contributed by atoms with Crippen molar-refractivity contribution in [1.82, 2.24) is 9.88 Å². The summed E-state index contributed by atoms with van der Waals surface area (Å²) in [7, 11) is 0. The maximum Gasteiger partial charge on any atom is 0.335 e. The van der Waals surface area contributed by atoms with Gasteiger partial charge in [0.05, 0.1) is 16.6 Å². The molecule has 6 heteroatoms. The lowest BCUT2D eigenvalue weighted by molar-refractivity contribution is 0.0694. The van der Waals surface area contributed by atoms with Gasteiger partial charge >= 0.3 is 5.97 Å². The molecule has 1 saturated heterocycles. The molecular formula is C23H21FN2O3. The van der Waals surface area contributed by atoms with E-state index >= 15 is 0 Å². The number of aromatic nitrogens is 1. The van der Waals surface area contributed by atoms with E-state index in [4.69, 9.17) is 5.11 Å². The Labute approximate surface area is 167 Å². The standard InChI is InChI=1S/C23H21FN2O3/c1-14-11-20(19-9-8-18(24)12-21(19)25-14)22(27)26-10-2-3-17(13-26)15-4-6-16(7-5-15)23(28)29/h4-9,11-12,17H,2-3,10,13H2,1H3,(H,28,29)/t17-/m0/s1. The van der Waals surface area contributed by atoms with E-state index in [0.29, 0.717) is 35.2 Å². The highest BCUT2D eigenvalue weighted by Gasteiger charge is 2.27. The van der Waals surface area contributed by atoms with Crippen LogP contribution in [0.5, 0.6) is 0 Å². The van der Waals surface area contributed by atoms with Gasteiger partial charge in [-0.2, -0.15) is 0 Å². The van der Waals surface area contributed by atoms with Gasteiger partial charge in [-0.3, -0.25) is 9.78 Å². The molecule has 1 aliphatic heterocycles. The van der Waals surface area contributed by atoms with Crippen molar-refractivity contribution in [3.05, 3.63) is 76.7 Å². The normalized spacial score (nSPS) is 16.8. The minimum Gasteiger partial charge on any atom is -0.478 e. The highest BCUT2D eigenvalue weighted by Crippen LogP contribution is 2.29. The third kappa shape index (κ3) is 3.83. The number of carboxylic acids is 1. The summed E-state index contributed by atoms with van der Waals surface area (Å²) in [6, 6.07) is 12.9. The van der Waals surface area contributed by atoms with E-state index in [2.05, 4.69) is 4.98 Å². The molecule has 1 amide bonds. The van der Waals surface area contributed by atoms with Gasteiger partial charge in [0.2, 0.25) is 0 Å². The molecule has 148 valence electrons. The van der Waals surface area contributed by atoms with Gasteiger partial charge < -0.3 is 10.0 Å². The second-order valence-electron chi connectivity index (χ2n) is 7.49. The molecule has 0 radical (unpaired) electrons. The summed E-state index contributed by atoms with van der Waals surface area (Å²) in [5, 5.41) is 9.72. The van der Waals surface area contributed by atoms with E-state index in [-0.39, 0.29) is 23.2 Å². The number of aryl methyl sites for hydroxylation is 1. The third-order valence-corrected chi connectivity index (χ3v) is 5.47. The SMILES string of the molecule is Cc1cc(C(=O)N2CCC[C@H](c3ccc(C(=O)O)cc3)C2)c2ccc(F)cc2n1. The number of fused-ring (bicyclic) bond motifs is 1. The smallest absolute Gasteiger partial charge is 0.335 e. The zero-order chi connectivity index (χ0) is 20.5. The van der Waals surface area contributed by atoms with Crippen molar-refractivity contribution in [2.24, 2.45) is 0 Å². The van der Waals surface area contributed by atoms with E-state index in [1.54, 1.807) is 31.2 Å². The number of aromatic carboxylic acids is 1. The Bertz CT molecular complexity index is 1090. The molecule has 0 spiro atoms. The summed E-state index contributed by atoms with van der Waals surface area (Å²) < 4.78 is 13.6. The molecule has 4 rings (SSSR count). The Morgan fingerprint density at radius 3 is 2.62 bits per heavy atom. The zero-order valence-electron chi connectivity index (χ0n) is 16.1. The van der Waals surface area contributed by atoms with Crippen LogP contribution in [0.25, 0.3) is 10.9 Å². The fourth-order valence-electron chi connectivity index (χ4n) is 4.01. The van der Waals surface area contributed by atoms with Crippen LogP contribution in [-0.2, 0) is 0 Å². The topological polar surface area (TPSA) is 70.5 Å². The van der Waals surface area contributed by atoms with Crippen molar-refractivity contribution < 1.29 is 19.1 Å². The first-order chi connectivity index (χ1) is 13.9. The molecule has 1 N–H and O–H groups in total. The van der Waals surface area contributed by atoms with Crippen LogP contribution in [-0.4, -0.2) is 40.0 Å². The van der Waals surface area contributed by atoms with Gasteiger partial charge in [-0.05, 0) is 55.7 Å². The molecule has 3 aromatic rings. The fourth-order valence-corrected chi connectivity index (χ4v) is 4.01. The maximum absolute atomic E-state index is 13.6. The van der Waals surface area contributed by atoms with Gasteiger partial charge in [-0.25, -0.2) is 9.18 Å². The number of amides is 1. The van der Waals surface area contributed by atoms with E-state index in [1.165, 1.54) is 12.1 Å². The summed E-state index contributed by atoms with van der Waals surface area (Å²) in [4.78, 5) is 30.5. The quantitative estimate of drug-likeness (QED) is 0.717. The molecule has 1 aliphatic rings. The number of nitrogens with zero attached hydrogens (tertiary/aromatic N) is 2. The maximum atomic E-state index is 13.6. The number of benzene rings is 2. The van der Waals surface area contributed by atoms with Crippen LogP contribution in [0.4, 0.5) is 4.39 Å². The largest absolute Gasteiger partial charge is 0.478 e. The first-order valence-electron chi connectivity index (χ1n) is 9.62. The number of pyridine rings is 1. The lowest BCUT2D eigenvalue weighted by Gasteiger charge is -2.33. The van der Waals surface area contributed by atoms with E-state index in [1.807, 2.05) is 17.0 Å². The van der Waals surface area contributed by atoms with Gasteiger partial charge in [0.1, 0.15) is 5.82 Å². The molecule has 5 nitrogen and oxygen atoms in total. The van der Waals surface area contributed by atoms with Crippen LogP contribution < -0.4 is 0 Å². The summed E-state index contributed by atoms with van der Waals surface area (Å²) in [6.45, 7) is 3.02. The van der Waals surface area contributed by atoms with Crippen LogP contribution in [0, 0.1) is 12.7 Å². The number of carbonyl (C=O) groups excluding carboxylic acids is 1. The second kappa shape index (κ2) is 7.62. The number of carboxylic acid groups (broad SMARTS) is 1. The summed E-state index contributed by atoms with van der Waals surface area (Å²) in [5.41, 5.74) is 2.97. The first-order valence-corrected chi connectivity index (χ1v) is 9.62. The van der Waals surface area contributed by atoms with E-state index in [9.17, 15) is 14.0 Å². The van der Waals surface area contributed by atoms with Crippen LogP contribution >= 0.6 is 0 Å². The Kier molecular flexibility index (Phi) is 5.01. The Morgan fingerprint density at radius 2 is 1.90 bits per heavy atom. The van der Waals surface area contributed by atoms with Gasteiger partial charge in [0.25, 0.3) is 5.91 Å². The number of halogens is 1. The van der Waals surface area contributed by atoms with Crippen molar-refractivity contribution >= 4 is 22.8 Å². The predicted octanol–water partition coefficient (Wildman–Crippen LogP) is 4.40. The average molecular weight is 392 g/mol. The summed E-state index contributed by atoms with van der Waals surface area (Å²) in [5.74, 6) is -1.26. The summed E-state index contributed by atoms with van der Waals surface area (Å²) in [6.07, 6.45) is 1.81. The van der Waals surface area contributed by atoms with Gasteiger partial charge in [0.15, 0.2) is 0 Å². The van der Waals surface area contributed by atoms with Crippen molar-refractivity contribution in [1.29, 1.82) is 0 Å². The molecule has 2 heterocycles.